The third kappa shape index (κ3) is 8.28. The second kappa shape index (κ2) is 17.9. The molecule has 2 aliphatic carbocycles. The Balaban J connectivity index is 0.958. The van der Waals surface area contributed by atoms with Crippen LogP contribution in [0, 0.1) is 17.8 Å². The summed E-state index contributed by atoms with van der Waals surface area (Å²) in [4.78, 5) is 59.3. The first-order valence-electron chi connectivity index (χ1n) is 23.5. The van der Waals surface area contributed by atoms with Crippen molar-refractivity contribution < 1.29 is 29.0 Å². The van der Waals surface area contributed by atoms with Crippen molar-refractivity contribution in [2.45, 2.75) is 128 Å². The molecule has 9 rings (SSSR count). The van der Waals surface area contributed by atoms with E-state index in [9.17, 15) is 19.5 Å². The molecule has 0 spiro atoms. The van der Waals surface area contributed by atoms with E-state index in [1.807, 2.05) is 38.8 Å². The SMILES string of the molecule is COC(=O)N[C@@H](C(C)C)C(O)N1[C@@H](C)CC[C@H]1c1ncc(-c2ccc(-c3ccc(-c4ccc5nc([C@@H]6C[C@H](C)CN6C(=O)[C@@H](NC(=O)OC)C(C)C)[nH]c5c4)c4c3C3CCC4C3)cc2)[nH]1. The number of rotatable bonds is 12. The Bertz CT molecular complexity index is 2570. The molecule has 2 aliphatic heterocycles. The number of methoxy groups -OCH3 is 2. The molecular formula is C51H64N8O6. The smallest absolute Gasteiger partial charge is 0.407 e. The number of benzene rings is 3. The molecule has 3 unspecified atom stereocenters. The number of likely N-dealkylation sites (tertiary alicyclic amines) is 2. The van der Waals surface area contributed by atoms with Gasteiger partial charge < -0.3 is 40.1 Å². The van der Waals surface area contributed by atoms with E-state index in [4.69, 9.17) is 19.4 Å². The maximum absolute atomic E-state index is 13.9. The Morgan fingerprint density at radius 2 is 1.40 bits per heavy atom. The minimum absolute atomic E-state index is 0.0153. The van der Waals surface area contributed by atoms with Crippen LogP contribution < -0.4 is 10.6 Å². The van der Waals surface area contributed by atoms with Gasteiger partial charge in [-0.2, -0.15) is 0 Å². The molecule has 14 nitrogen and oxygen atoms in total. The Morgan fingerprint density at radius 3 is 2.06 bits per heavy atom. The maximum atomic E-state index is 13.9. The molecule has 3 fully saturated rings. The van der Waals surface area contributed by atoms with Crippen molar-refractivity contribution in [3.8, 4) is 33.5 Å². The van der Waals surface area contributed by atoms with E-state index in [1.54, 1.807) is 0 Å². The van der Waals surface area contributed by atoms with Crippen LogP contribution in [0.4, 0.5) is 9.59 Å². The van der Waals surface area contributed by atoms with Crippen molar-refractivity contribution >= 4 is 29.1 Å². The highest BCUT2D eigenvalue weighted by Gasteiger charge is 2.44. The summed E-state index contributed by atoms with van der Waals surface area (Å²) in [5, 5.41) is 17.2. The number of amides is 3. The number of imidazole rings is 2. The molecule has 65 heavy (non-hydrogen) atoms. The van der Waals surface area contributed by atoms with Gasteiger partial charge in [-0.25, -0.2) is 19.6 Å². The fourth-order valence-corrected chi connectivity index (χ4v) is 11.5. The molecule has 344 valence electrons. The number of nitrogens with one attached hydrogen (secondary N) is 4. The molecule has 14 heteroatoms. The van der Waals surface area contributed by atoms with Crippen LogP contribution in [0.3, 0.4) is 0 Å². The lowest BCUT2D eigenvalue weighted by Gasteiger charge is -2.38. The van der Waals surface area contributed by atoms with Gasteiger partial charge in [0.1, 0.15) is 23.9 Å². The molecule has 5 aromatic rings. The monoisotopic (exact) mass is 884 g/mol. The number of H-pyrrole nitrogens is 2. The Kier molecular flexibility index (Phi) is 12.3. The van der Waals surface area contributed by atoms with Gasteiger partial charge in [0.2, 0.25) is 5.91 Å². The molecule has 9 atom stereocenters. The number of hydrogen-bond donors (Lipinski definition) is 5. The van der Waals surface area contributed by atoms with Crippen LogP contribution in [0.1, 0.15) is 127 Å². The number of aromatic amines is 2. The zero-order valence-corrected chi connectivity index (χ0v) is 38.9. The van der Waals surface area contributed by atoms with E-state index in [1.165, 1.54) is 61.3 Å². The number of nitrogens with zero attached hydrogens (tertiary/aromatic N) is 4. The molecule has 5 N–H and O–H groups in total. The maximum Gasteiger partial charge on any atom is 0.407 e. The standard InChI is InChI=1S/C51H64N8O6/c1-26(2)44(56-50(62)64-7)48(60)58-25-28(5)21-41(58)47-53-37-19-16-32(23-38(37)54-47)36-18-17-35(42-33-14-15-34(22-33)43(36)42)30-10-12-31(13-11-30)39-24-52-46(55-39)40-20-9-29(6)59(40)49(61)45(27(3)4)57-51(63)65-8/h10-13,16-19,23-24,26-29,33-34,40-41,44-45,49,61H,9,14-15,20-22,25H2,1-8H3,(H,52,55)(H,53,54)(H,56,62)(H,57,63)/t28-,29-,33?,34?,40-,41-,44-,45-,49?/m0/s1. The van der Waals surface area contributed by atoms with Crippen molar-refractivity contribution in [3.63, 3.8) is 0 Å². The van der Waals surface area contributed by atoms with E-state index in [0.29, 0.717) is 18.4 Å². The van der Waals surface area contributed by atoms with Crippen LogP contribution in [-0.2, 0) is 14.3 Å². The van der Waals surface area contributed by atoms with E-state index in [2.05, 4.69) is 93.9 Å². The van der Waals surface area contributed by atoms with Crippen molar-refractivity contribution in [2.75, 3.05) is 20.8 Å². The number of aromatic nitrogens is 4. The van der Waals surface area contributed by atoms with E-state index in [-0.39, 0.29) is 41.8 Å². The quantitative estimate of drug-likeness (QED) is 0.0818. The Morgan fingerprint density at radius 1 is 0.754 bits per heavy atom. The minimum Gasteiger partial charge on any atom is -0.453 e. The van der Waals surface area contributed by atoms with Gasteiger partial charge in [-0.1, -0.05) is 77.1 Å². The molecule has 1 saturated carbocycles. The number of aliphatic hydroxyl groups is 1. The third-order valence-electron chi connectivity index (χ3n) is 14.8. The fourth-order valence-electron chi connectivity index (χ4n) is 11.5. The van der Waals surface area contributed by atoms with Crippen molar-refractivity contribution in [1.29, 1.82) is 0 Å². The summed E-state index contributed by atoms with van der Waals surface area (Å²) in [6.07, 6.45) is 5.91. The van der Waals surface area contributed by atoms with Crippen LogP contribution in [0.15, 0.2) is 60.8 Å². The van der Waals surface area contributed by atoms with Crippen LogP contribution in [0.25, 0.3) is 44.5 Å². The topological polar surface area (TPSA) is 178 Å². The van der Waals surface area contributed by atoms with Crippen LogP contribution in [0.5, 0.6) is 0 Å². The van der Waals surface area contributed by atoms with Crippen molar-refractivity contribution in [2.24, 2.45) is 17.8 Å². The average Bonchev–Trinajstić information content (AvgIpc) is 4.17. The second-order valence-electron chi connectivity index (χ2n) is 19.7. The van der Waals surface area contributed by atoms with Gasteiger partial charge in [0, 0.05) is 12.6 Å². The van der Waals surface area contributed by atoms with E-state index in [0.717, 1.165) is 58.8 Å². The number of aliphatic hydroxyl groups excluding tert-OH is 1. The van der Waals surface area contributed by atoms with Gasteiger partial charge in [-0.15, -0.1) is 0 Å². The lowest BCUT2D eigenvalue weighted by molar-refractivity contribution is -0.135. The summed E-state index contributed by atoms with van der Waals surface area (Å²) < 4.78 is 9.70. The number of alkyl carbamates (subject to hydrolysis) is 2. The molecule has 2 aromatic heterocycles. The van der Waals surface area contributed by atoms with Crippen LogP contribution >= 0.6 is 0 Å². The summed E-state index contributed by atoms with van der Waals surface area (Å²) >= 11 is 0. The lowest BCUT2D eigenvalue weighted by Crippen LogP contribution is -2.55. The molecular weight excluding hydrogens is 821 g/mol. The first-order chi connectivity index (χ1) is 31.2. The minimum atomic E-state index is -0.910. The number of hydrogen-bond acceptors (Lipinski definition) is 9. The normalized spacial score (nSPS) is 24.1. The molecule has 3 amide bonds. The van der Waals surface area contributed by atoms with Crippen molar-refractivity contribution in [3.05, 3.63) is 83.6 Å². The molecule has 4 aliphatic rings. The number of carbonyl (C=O) groups excluding carboxylic acids is 3. The highest BCUT2D eigenvalue weighted by molar-refractivity contribution is 5.88. The summed E-state index contributed by atoms with van der Waals surface area (Å²) in [6.45, 7) is 12.7. The van der Waals surface area contributed by atoms with Crippen LogP contribution in [0.2, 0.25) is 0 Å². The van der Waals surface area contributed by atoms with Crippen LogP contribution in [-0.4, -0.2) is 98.1 Å². The van der Waals surface area contributed by atoms with Gasteiger partial charge in [0.05, 0.1) is 55.3 Å². The Labute approximate surface area is 381 Å². The summed E-state index contributed by atoms with van der Waals surface area (Å²) in [6, 6.07) is 18.4. The van der Waals surface area contributed by atoms with Gasteiger partial charge in [0.25, 0.3) is 0 Å². The predicted octanol–water partition coefficient (Wildman–Crippen LogP) is 9.17. The van der Waals surface area contributed by atoms with Gasteiger partial charge in [-0.05, 0) is 126 Å². The number of carbonyl (C=O) groups is 3. The third-order valence-corrected chi connectivity index (χ3v) is 14.8. The zero-order valence-electron chi connectivity index (χ0n) is 38.9. The molecule has 3 aromatic carbocycles. The van der Waals surface area contributed by atoms with Gasteiger partial charge in [-0.3, -0.25) is 9.69 Å². The molecule has 2 saturated heterocycles. The average molecular weight is 885 g/mol. The number of ether oxygens (including phenoxy) is 2. The number of fused-ring (bicyclic) bond motifs is 6. The summed E-state index contributed by atoms with van der Waals surface area (Å²) in [7, 11) is 2.64. The predicted molar refractivity (Wildman–Crippen MR) is 250 cm³/mol. The zero-order chi connectivity index (χ0) is 45.8. The lowest BCUT2D eigenvalue weighted by atomic mass is 9.81. The Hall–Kier alpha value is -5.73. The van der Waals surface area contributed by atoms with E-state index < -0.39 is 30.5 Å². The van der Waals surface area contributed by atoms with Crippen molar-refractivity contribution in [1.82, 2.24) is 40.4 Å². The largest absolute Gasteiger partial charge is 0.453 e. The highest BCUT2D eigenvalue weighted by atomic mass is 16.5. The molecule has 4 heterocycles. The molecule has 2 bridgehead atoms. The first-order valence-corrected chi connectivity index (χ1v) is 23.5. The first kappa shape index (κ1) is 44.5. The van der Waals surface area contributed by atoms with Gasteiger partial charge >= 0.3 is 12.2 Å². The summed E-state index contributed by atoms with van der Waals surface area (Å²) in [5.74, 6) is 2.66. The molecule has 0 radical (unpaired) electrons. The van der Waals surface area contributed by atoms with Gasteiger partial charge in [0.15, 0.2) is 0 Å². The summed E-state index contributed by atoms with van der Waals surface area (Å²) in [5.41, 5.74) is 11.6. The fraction of sp³-hybridized carbons (Fsp3) is 0.510. The highest BCUT2D eigenvalue weighted by Crippen LogP contribution is 2.58. The second-order valence-corrected chi connectivity index (χ2v) is 19.7. The van der Waals surface area contributed by atoms with E-state index >= 15 is 0 Å².